The molecule has 0 saturated carbocycles. The lowest BCUT2D eigenvalue weighted by Gasteiger charge is -2.36. The van der Waals surface area contributed by atoms with Crippen LogP contribution in [0.4, 0.5) is 0 Å². The van der Waals surface area contributed by atoms with E-state index >= 15 is 0 Å². The van der Waals surface area contributed by atoms with Crippen molar-refractivity contribution in [2.75, 3.05) is 33.3 Å². The molecule has 0 bridgehead atoms. The normalized spacial score (nSPS) is 16.2. The highest BCUT2D eigenvalue weighted by atomic mass is 16.5. The van der Waals surface area contributed by atoms with Crippen molar-refractivity contribution >= 4 is 5.97 Å². The van der Waals surface area contributed by atoms with Gasteiger partial charge in [-0.2, -0.15) is 4.98 Å². The first-order valence-electron chi connectivity index (χ1n) is 10.6. The summed E-state index contributed by atoms with van der Waals surface area (Å²) in [6.45, 7) is 8.83. The summed E-state index contributed by atoms with van der Waals surface area (Å²) in [5.74, 6) is 0.985. The third kappa shape index (κ3) is 5.00. The highest BCUT2D eigenvalue weighted by molar-refractivity contribution is 5.89. The van der Waals surface area contributed by atoms with E-state index in [1.807, 2.05) is 36.4 Å². The van der Waals surface area contributed by atoms with Gasteiger partial charge < -0.3 is 9.26 Å². The molecule has 0 N–H and O–H groups in total. The van der Waals surface area contributed by atoms with Gasteiger partial charge in [0.1, 0.15) is 0 Å². The first-order chi connectivity index (χ1) is 15.0. The summed E-state index contributed by atoms with van der Waals surface area (Å²) >= 11 is 0. The lowest BCUT2D eigenvalue weighted by atomic mass is 10.1. The molecule has 1 aliphatic rings. The average molecular weight is 421 g/mol. The van der Waals surface area contributed by atoms with Crippen LogP contribution in [0.1, 0.15) is 40.3 Å². The van der Waals surface area contributed by atoms with Gasteiger partial charge in [0.05, 0.1) is 18.7 Å². The fourth-order valence-corrected chi connectivity index (χ4v) is 3.81. The Kier molecular flexibility index (Phi) is 6.44. The minimum atomic E-state index is -0.305. The van der Waals surface area contributed by atoms with Crippen LogP contribution in [-0.4, -0.2) is 59.2 Å². The van der Waals surface area contributed by atoms with E-state index in [0.29, 0.717) is 17.3 Å². The molecule has 1 atom stereocenters. The van der Waals surface area contributed by atoms with E-state index in [1.54, 1.807) is 0 Å². The summed E-state index contributed by atoms with van der Waals surface area (Å²) in [5, 5.41) is 4.17. The average Bonchev–Trinajstić information content (AvgIpc) is 3.30. The maximum absolute atomic E-state index is 11.6. The lowest BCUT2D eigenvalue weighted by Crippen LogP contribution is -2.46. The molecule has 1 unspecified atom stereocenters. The Morgan fingerprint density at radius 2 is 1.74 bits per heavy atom. The number of hydrogen-bond donors (Lipinski definition) is 0. The standard InChI is InChI=1S/C24H28N4O3/c1-17-4-8-20(9-5-17)22-25-23(31-26-22)18(2)28-14-12-27(13-15-28)16-19-6-10-21(11-7-19)24(29)30-3/h4-11,18H,12-16H2,1-3H3. The number of aromatic nitrogens is 2. The van der Waals surface area contributed by atoms with Crippen LogP contribution in [0, 0.1) is 6.92 Å². The van der Waals surface area contributed by atoms with Crippen molar-refractivity contribution in [1.29, 1.82) is 0 Å². The Balaban J connectivity index is 1.31. The van der Waals surface area contributed by atoms with E-state index in [0.717, 1.165) is 38.3 Å². The van der Waals surface area contributed by atoms with E-state index in [1.165, 1.54) is 18.2 Å². The SMILES string of the molecule is COC(=O)c1ccc(CN2CCN(C(C)c3nc(-c4ccc(C)cc4)no3)CC2)cc1. The monoisotopic (exact) mass is 420 g/mol. The molecule has 1 saturated heterocycles. The van der Waals surface area contributed by atoms with Gasteiger partial charge in [0.2, 0.25) is 11.7 Å². The second kappa shape index (κ2) is 9.41. The number of aryl methyl sites for hydroxylation is 1. The van der Waals surface area contributed by atoms with Crippen LogP contribution >= 0.6 is 0 Å². The molecule has 1 aromatic heterocycles. The molecular formula is C24H28N4O3. The van der Waals surface area contributed by atoms with Crippen molar-refractivity contribution < 1.29 is 14.1 Å². The first kappa shape index (κ1) is 21.2. The molecule has 2 aromatic carbocycles. The summed E-state index contributed by atoms with van der Waals surface area (Å²) in [7, 11) is 1.40. The maximum Gasteiger partial charge on any atom is 0.337 e. The van der Waals surface area contributed by atoms with E-state index in [2.05, 4.69) is 45.9 Å². The van der Waals surface area contributed by atoms with Gasteiger partial charge in [0, 0.05) is 38.3 Å². The maximum atomic E-state index is 11.6. The van der Waals surface area contributed by atoms with Crippen molar-refractivity contribution in [2.24, 2.45) is 0 Å². The summed E-state index contributed by atoms with van der Waals surface area (Å²) in [4.78, 5) is 21.0. The van der Waals surface area contributed by atoms with Gasteiger partial charge in [0.25, 0.3) is 0 Å². The summed E-state index contributed by atoms with van der Waals surface area (Å²) in [6, 6.07) is 15.8. The highest BCUT2D eigenvalue weighted by Crippen LogP contribution is 2.24. The minimum absolute atomic E-state index is 0.0770. The zero-order valence-corrected chi connectivity index (χ0v) is 18.2. The first-order valence-corrected chi connectivity index (χ1v) is 10.6. The van der Waals surface area contributed by atoms with Crippen LogP contribution in [0.5, 0.6) is 0 Å². The zero-order valence-electron chi connectivity index (χ0n) is 18.2. The number of rotatable bonds is 6. The minimum Gasteiger partial charge on any atom is -0.465 e. The predicted octanol–water partition coefficient (Wildman–Crippen LogP) is 3.71. The van der Waals surface area contributed by atoms with Gasteiger partial charge in [0.15, 0.2) is 0 Å². The Hall–Kier alpha value is -3.03. The van der Waals surface area contributed by atoms with Gasteiger partial charge in [-0.05, 0) is 31.5 Å². The quantitative estimate of drug-likeness (QED) is 0.563. The number of nitrogens with zero attached hydrogens (tertiary/aromatic N) is 4. The predicted molar refractivity (Wildman–Crippen MR) is 118 cm³/mol. The molecule has 162 valence electrons. The number of piperazine rings is 1. The summed E-state index contributed by atoms with van der Waals surface area (Å²) in [6.07, 6.45) is 0. The van der Waals surface area contributed by atoms with Crippen LogP contribution in [0.3, 0.4) is 0 Å². The molecule has 0 amide bonds. The molecule has 31 heavy (non-hydrogen) atoms. The Morgan fingerprint density at radius 3 is 2.39 bits per heavy atom. The smallest absolute Gasteiger partial charge is 0.337 e. The number of esters is 1. The van der Waals surface area contributed by atoms with Crippen molar-refractivity contribution in [3.05, 3.63) is 71.1 Å². The Labute approximate surface area is 182 Å². The Bertz CT molecular complexity index is 1010. The topological polar surface area (TPSA) is 71.7 Å². The number of carbonyl (C=O) groups is 1. The van der Waals surface area contributed by atoms with E-state index in [-0.39, 0.29) is 12.0 Å². The van der Waals surface area contributed by atoms with Crippen LogP contribution in [-0.2, 0) is 11.3 Å². The summed E-state index contributed by atoms with van der Waals surface area (Å²) in [5.41, 5.74) is 3.94. The molecule has 0 spiro atoms. The molecule has 7 heteroatoms. The molecule has 0 radical (unpaired) electrons. The largest absolute Gasteiger partial charge is 0.465 e. The molecule has 7 nitrogen and oxygen atoms in total. The lowest BCUT2D eigenvalue weighted by molar-refractivity contribution is 0.0600. The molecule has 2 heterocycles. The number of methoxy groups -OCH3 is 1. The van der Waals surface area contributed by atoms with Crippen LogP contribution in [0.15, 0.2) is 53.1 Å². The number of benzene rings is 2. The number of ether oxygens (including phenoxy) is 1. The fraction of sp³-hybridized carbons (Fsp3) is 0.375. The third-order valence-electron chi connectivity index (χ3n) is 5.84. The molecule has 0 aliphatic carbocycles. The third-order valence-corrected chi connectivity index (χ3v) is 5.84. The molecule has 1 aliphatic heterocycles. The van der Waals surface area contributed by atoms with Crippen LogP contribution < -0.4 is 0 Å². The zero-order chi connectivity index (χ0) is 21.8. The van der Waals surface area contributed by atoms with Gasteiger partial charge in [-0.3, -0.25) is 9.80 Å². The van der Waals surface area contributed by atoms with E-state index in [9.17, 15) is 4.79 Å². The van der Waals surface area contributed by atoms with E-state index in [4.69, 9.17) is 9.26 Å². The fourth-order valence-electron chi connectivity index (χ4n) is 3.81. The van der Waals surface area contributed by atoms with Crippen molar-refractivity contribution in [3.8, 4) is 11.4 Å². The van der Waals surface area contributed by atoms with Gasteiger partial charge in [-0.15, -0.1) is 0 Å². The molecule has 4 rings (SSSR count). The van der Waals surface area contributed by atoms with Crippen LogP contribution in [0.2, 0.25) is 0 Å². The van der Waals surface area contributed by atoms with Crippen molar-refractivity contribution in [2.45, 2.75) is 26.4 Å². The van der Waals surface area contributed by atoms with Crippen molar-refractivity contribution in [1.82, 2.24) is 19.9 Å². The molecule has 3 aromatic rings. The van der Waals surface area contributed by atoms with E-state index < -0.39 is 0 Å². The van der Waals surface area contributed by atoms with Gasteiger partial charge in [-0.25, -0.2) is 4.79 Å². The summed E-state index contributed by atoms with van der Waals surface area (Å²) < 4.78 is 10.3. The number of carbonyl (C=O) groups excluding carboxylic acids is 1. The van der Waals surface area contributed by atoms with Gasteiger partial charge >= 0.3 is 5.97 Å². The molecular weight excluding hydrogens is 392 g/mol. The molecule has 1 fully saturated rings. The van der Waals surface area contributed by atoms with Crippen LogP contribution in [0.25, 0.3) is 11.4 Å². The number of hydrogen-bond acceptors (Lipinski definition) is 7. The highest BCUT2D eigenvalue weighted by Gasteiger charge is 2.26. The second-order valence-corrected chi connectivity index (χ2v) is 8.00. The second-order valence-electron chi connectivity index (χ2n) is 8.00. The van der Waals surface area contributed by atoms with Gasteiger partial charge in [-0.1, -0.05) is 47.1 Å². The van der Waals surface area contributed by atoms with Crippen molar-refractivity contribution in [3.63, 3.8) is 0 Å². The Morgan fingerprint density at radius 1 is 1.06 bits per heavy atom.